The van der Waals surface area contributed by atoms with E-state index in [1.165, 1.54) is 29.3 Å². The van der Waals surface area contributed by atoms with E-state index in [-0.39, 0.29) is 0 Å². The molecule has 1 aliphatic rings. The quantitative estimate of drug-likeness (QED) is 0.897. The lowest BCUT2D eigenvalue weighted by Gasteiger charge is -2.27. The zero-order chi connectivity index (χ0) is 11.6. The number of rotatable bonds is 3. The third-order valence-corrected chi connectivity index (χ3v) is 4.34. The van der Waals surface area contributed by atoms with Gasteiger partial charge in [0.25, 0.3) is 0 Å². The van der Waals surface area contributed by atoms with Gasteiger partial charge in [0.1, 0.15) is 0 Å². The summed E-state index contributed by atoms with van der Waals surface area (Å²) < 4.78 is 1.17. The van der Waals surface area contributed by atoms with Gasteiger partial charge in [-0.15, -0.1) is 0 Å². The lowest BCUT2D eigenvalue weighted by molar-refractivity contribution is 0.295. The first-order chi connectivity index (χ1) is 7.63. The minimum Gasteiger partial charge on any atom is -0.330 e. The number of nitrogens with two attached hydrogens (primary N) is 1. The Hall–Kier alpha value is -0.340. The Morgan fingerprint density at radius 1 is 1.50 bits per heavy atom. The van der Waals surface area contributed by atoms with Crippen molar-refractivity contribution in [2.45, 2.75) is 32.6 Å². The maximum atomic E-state index is 6.01. The summed E-state index contributed by atoms with van der Waals surface area (Å²) in [6, 6.07) is 8.63. The zero-order valence-electron chi connectivity index (χ0n) is 9.88. The van der Waals surface area contributed by atoms with E-state index in [0.29, 0.717) is 5.41 Å². The predicted molar refractivity (Wildman–Crippen MR) is 72.3 cm³/mol. The van der Waals surface area contributed by atoms with Gasteiger partial charge in [-0.05, 0) is 54.8 Å². The van der Waals surface area contributed by atoms with Crippen LogP contribution in [0.1, 0.15) is 31.7 Å². The van der Waals surface area contributed by atoms with Crippen LogP contribution in [0.15, 0.2) is 28.7 Å². The van der Waals surface area contributed by atoms with Gasteiger partial charge in [0.2, 0.25) is 0 Å². The first kappa shape index (κ1) is 12.1. The van der Waals surface area contributed by atoms with Gasteiger partial charge in [-0.25, -0.2) is 0 Å². The van der Waals surface area contributed by atoms with Gasteiger partial charge in [-0.1, -0.05) is 41.4 Å². The molecule has 0 spiro atoms. The summed E-state index contributed by atoms with van der Waals surface area (Å²) in [5.74, 6) is 0.843. The minimum atomic E-state index is 0.361. The van der Waals surface area contributed by atoms with E-state index in [0.717, 1.165) is 18.9 Å². The van der Waals surface area contributed by atoms with Crippen LogP contribution in [0, 0.1) is 11.3 Å². The first-order valence-electron chi connectivity index (χ1n) is 6.08. The van der Waals surface area contributed by atoms with Crippen LogP contribution in [0.4, 0.5) is 0 Å². The molecule has 1 aromatic rings. The van der Waals surface area contributed by atoms with Crippen molar-refractivity contribution >= 4 is 15.9 Å². The fourth-order valence-electron chi connectivity index (χ4n) is 2.99. The average Bonchev–Trinajstić information content (AvgIpc) is 2.61. The van der Waals surface area contributed by atoms with Crippen molar-refractivity contribution in [2.24, 2.45) is 17.1 Å². The van der Waals surface area contributed by atoms with Crippen molar-refractivity contribution in [2.75, 3.05) is 6.54 Å². The van der Waals surface area contributed by atoms with Crippen LogP contribution in [-0.4, -0.2) is 6.54 Å². The van der Waals surface area contributed by atoms with Crippen LogP contribution < -0.4 is 5.73 Å². The molecule has 1 nitrogen and oxygen atoms in total. The first-order valence-corrected chi connectivity index (χ1v) is 6.87. The Morgan fingerprint density at radius 3 is 2.88 bits per heavy atom. The van der Waals surface area contributed by atoms with E-state index in [4.69, 9.17) is 5.73 Å². The van der Waals surface area contributed by atoms with Crippen molar-refractivity contribution in [3.05, 3.63) is 34.3 Å². The maximum Gasteiger partial charge on any atom is 0.0177 e. The molecule has 1 fully saturated rings. The van der Waals surface area contributed by atoms with Gasteiger partial charge >= 0.3 is 0 Å². The van der Waals surface area contributed by atoms with Crippen molar-refractivity contribution in [1.29, 1.82) is 0 Å². The second-order valence-corrected chi connectivity index (χ2v) is 6.27. The summed E-state index contributed by atoms with van der Waals surface area (Å²) in [5.41, 5.74) is 7.78. The molecule has 0 radical (unpaired) electrons. The lowest BCUT2D eigenvalue weighted by Crippen LogP contribution is -2.30. The standard InChI is InChI=1S/C14H20BrN/c1-11-5-6-14(8-11,10-16)9-12-3-2-4-13(15)7-12/h2-4,7,11H,5-6,8-10,16H2,1H3. The molecule has 0 heterocycles. The fraction of sp³-hybridized carbons (Fsp3) is 0.571. The third-order valence-electron chi connectivity index (χ3n) is 3.85. The van der Waals surface area contributed by atoms with Crippen LogP contribution in [0.25, 0.3) is 0 Å². The number of halogens is 1. The summed E-state index contributed by atoms with van der Waals surface area (Å²) in [6.45, 7) is 3.17. The summed E-state index contributed by atoms with van der Waals surface area (Å²) in [5, 5.41) is 0. The largest absolute Gasteiger partial charge is 0.330 e. The molecular weight excluding hydrogens is 262 g/mol. The molecule has 2 unspecified atom stereocenters. The van der Waals surface area contributed by atoms with Gasteiger partial charge in [0, 0.05) is 4.47 Å². The Bertz CT molecular complexity index is 364. The average molecular weight is 282 g/mol. The van der Waals surface area contributed by atoms with Crippen LogP contribution in [0.5, 0.6) is 0 Å². The Morgan fingerprint density at radius 2 is 2.31 bits per heavy atom. The van der Waals surface area contributed by atoms with Crippen molar-refractivity contribution in [3.8, 4) is 0 Å². The third kappa shape index (κ3) is 2.67. The zero-order valence-corrected chi connectivity index (χ0v) is 11.5. The Labute approximate surface area is 107 Å². The number of benzene rings is 1. The highest BCUT2D eigenvalue weighted by Crippen LogP contribution is 2.43. The second-order valence-electron chi connectivity index (χ2n) is 5.36. The highest BCUT2D eigenvalue weighted by Gasteiger charge is 2.36. The second kappa shape index (κ2) is 4.89. The summed E-state index contributed by atoms with van der Waals surface area (Å²) in [7, 11) is 0. The summed E-state index contributed by atoms with van der Waals surface area (Å²) in [6.07, 6.45) is 5.05. The molecule has 88 valence electrons. The van der Waals surface area contributed by atoms with E-state index in [1.807, 2.05) is 0 Å². The topological polar surface area (TPSA) is 26.0 Å². The molecule has 0 aliphatic heterocycles. The molecule has 1 aromatic carbocycles. The van der Waals surface area contributed by atoms with E-state index < -0.39 is 0 Å². The van der Waals surface area contributed by atoms with Gasteiger partial charge in [-0.3, -0.25) is 0 Å². The highest BCUT2D eigenvalue weighted by molar-refractivity contribution is 9.10. The van der Waals surface area contributed by atoms with E-state index in [9.17, 15) is 0 Å². The molecule has 0 amide bonds. The van der Waals surface area contributed by atoms with Gasteiger partial charge < -0.3 is 5.73 Å². The monoisotopic (exact) mass is 281 g/mol. The summed E-state index contributed by atoms with van der Waals surface area (Å²) in [4.78, 5) is 0. The molecule has 0 bridgehead atoms. The van der Waals surface area contributed by atoms with Crippen molar-refractivity contribution in [3.63, 3.8) is 0 Å². The molecule has 0 saturated heterocycles. The van der Waals surface area contributed by atoms with Gasteiger partial charge in [0.15, 0.2) is 0 Å². The van der Waals surface area contributed by atoms with E-state index >= 15 is 0 Å². The van der Waals surface area contributed by atoms with Gasteiger partial charge in [-0.2, -0.15) is 0 Å². The molecule has 2 N–H and O–H groups in total. The Kier molecular flexibility index (Phi) is 3.70. The SMILES string of the molecule is CC1CCC(CN)(Cc2cccc(Br)c2)C1. The molecule has 16 heavy (non-hydrogen) atoms. The smallest absolute Gasteiger partial charge is 0.0177 e. The number of hydrogen-bond donors (Lipinski definition) is 1. The van der Waals surface area contributed by atoms with Gasteiger partial charge in [0.05, 0.1) is 0 Å². The van der Waals surface area contributed by atoms with E-state index in [1.54, 1.807) is 0 Å². The molecule has 1 aliphatic carbocycles. The summed E-state index contributed by atoms with van der Waals surface area (Å²) >= 11 is 3.53. The normalized spacial score (nSPS) is 29.6. The van der Waals surface area contributed by atoms with Crippen LogP contribution in [-0.2, 0) is 6.42 Å². The van der Waals surface area contributed by atoms with Crippen LogP contribution in [0.3, 0.4) is 0 Å². The molecule has 1 saturated carbocycles. The highest BCUT2D eigenvalue weighted by atomic mass is 79.9. The van der Waals surface area contributed by atoms with Crippen molar-refractivity contribution in [1.82, 2.24) is 0 Å². The van der Waals surface area contributed by atoms with Crippen molar-refractivity contribution < 1.29 is 0 Å². The van der Waals surface area contributed by atoms with E-state index in [2.05, 4.69) is 47.1 Å². The molecule has 2 atom stereocenters. The molecular formula is C14H20BrN. The van der Waals surface area contributed by atoms with Crippen LogP contribution in [0.2, 0.25) is 0 Å². The predicted octanol–water partition coefficient (Wildman–Crippen LogP) is 3.76. The number of hydrogen-bond acceptors (Lipinski definition) is 1. The molecule has 2 heteroatoms. The lowest BCUT2D eigenvalue weighted by atomic mass is 9.79. The Balaban J connectivity index is 2.13. The van der Waals surface area contributed by atoms with Crippen LogP contribution >= 0.6 is 15.9 Å². The molecule has 2 rings (SSSR count). The molecule has 0 aromatic heterocycles. The fourth-order valence-corrected chi connectivity index (χ4v) is 3.44. The minimum absolute atomic E-state index is 0.361. The maximum absolute atomic E-state index is 6.01.